The van der Waals surface area contributed by atoms with Crippen LogP contribution in [0.4, 0.5) is 0 Å². The van der Waals surface area contributed by atoms with Crippen molar-refractivity contribution in [3.8, 4) is 0 Å². The molecule has 0 aliphatic carbocycles. The number of carbonyl (C=O) groups excluding carboxylic acids is 3. The Morgan fingerprint density at radius 1 is 0.839 bits per heavy atom. The number of ketones is 1. The summed E-state index contributed by atoms with van der Waals surface area (Å²) < 4.78 is 5.52. The Hall–Kier alpha value is -3.73. The Bertz CT molecular complexity index is 1060. The first kappa shape index (κ1) is 22.0. The molecule has 3 aromatic carbocycles. The Morgan fingerprint density at radius 2 is 1.48 bits per heavy atom. The number of hydrogen-bond acceptors (Lipinski definition) is 4. The van der Waals surface area contributed by atoms with E-state index in [1.54, 1.807) is 36.4 Å². The van der Waals surface area contributed by atoms with Crippen LogP contribution in [0.25, 0.3) is 0 Å². The lowest BCUT2D eigenvalue weighted by Crippen LogP contribution is -2.33. The molecule has 0 bridgehead atoms. The number of aryl methyl sites for hydroxylation is 2. The predicted molar refractivity (Wildman–Crippen MR) is 119 cm³/mol. The standard InChI is InChI=1S/C26H25NO4/c1-18-13-14-22(15-19(18)2)25(30)26(21-11-7-4-8-12-21)31-24(29)17-27-23(28)16-20-9-5-3-6-10-20/h3-15,26H,16-17H2,1-2H3,(H,27,28)/t26-/m1/s1. The zero-order chi connectivity index (χ0) is 22.2. The van der Waals surface area contributed by atoms with Gasteiger partial charge >= 0.3 is 5.97 Å². The van der Waals surface area contributed by atoms with Gasteiger partial charge in [0, 0.05) is 11.1 Å². The predicted octanol–water partition coefficient (Wildman–Crippen LogP) is 4.13. The molecule has 0 aromatic heterocycles. The third kappa shape index (κ3) is 6.12. The summed E-state index contributed by atoms with van der Waals surface area (Å²) in [6, 6.07) is 23.5. The van der Waals surface area contributed by atoms with Crippen molar-refractivity contribution >= 4 is 17.7 Å². The molecule has 0 radical (unpaired) electrons. The Morgan fingerprint density at radius 3 is 2.13 bits per heavy atom. The average molecular weight is 415 g/mol. The van der Waals surface area contributed by atoms with E-state index in [1.165, 1.54) is 0 Å². The third-order valence-electron chi connectivity index (χ3n) is 5.02. The number of carbonyl (C=O) groups is 3. The highest BCUT2D eigenvalue weighted by Crippen LogP contribution is 2.24. The van der Waals surface area contributed by atoms with E-state index < -0.39 is 12.1 Å². The minimum atomic E-state index is -1.08. The van der Waals surface area contributed by atoms with Crippen molar-refractivity contribution in [2.45, 2.75) is 26.4 Å². The van der Waals surface area contributed by atoms with Crippen molar-refractivity contribution < 1.29 is 19.1 Å². The van der Waals surface area contributed by atoms with Gasteiger partial charge in [-0.05, 0) is 36.6 Å². The molecule has 0 unspecified atom stereocenters. The molecule has 5 heteroatoms. The molecule has 3 aromatic rings. The quantitative estimate of drug-likeness (QED) is 0.444. The van der Waals surface area contributed by atoms with E-state index in [2.05, 4.69) is 5.32 Å². The topological polar surface area (TPSA) is 72.5 Å². The molecule has 31 heavy (non-hydrogen) atoms. The Labute approximate surface area is 182 Å². The van der Waals surface area contributed by atoms with Crippen molar-refractivity contribution in [1.29, 1.82) is 0 Å². The summed E-state index contributed by atoms with van der Waals surface area (Å²) in [6.07, 6.45) is -0.917. The van der Waals surface area contributed by atoms with Crippen LogP contribution in [-0.2, 0) is 20.7 Å². The number of hydrogen-bond donors (Lipinski definition) is 1. The van der Waals surface area contributed by atoms with Gasteiger partial charge < -0.3 is 10.1 Å². The Balaban J connectivity index is 1.68. The lowest BCUT2D eigenvalue weighted by molar-refractivity contribution is -0.147. The van der Waals surface area contributed by atoms with Crippen LogP contribution in [0.3, 0.4) is 0 Å². The molecule has 0 heterocycles. The van der Waals surface area contributed by atoms with Crippen LogP contribution in [0, 0.1) is 13.8 Å². The maximum absolute atomic E-state index is 13.2. The minimum Gasteiger partial charge on any atom is -0.448 e. The van der Waals surface area contributed by atoms with Gasteiger partial charge in [0.05, 0.1) is 6.42 Å². The van der Waals surface area contributed by atoms with E-state index in [0.29, 0.717) is 11.1 Å². The zero-order valence-corrected chi connectivity index (χ0v) is 17.6. The SMILES string of the molecule is Cc1ccc(C(=O)[C@H](OC(=O)CNC(=O)Cc2ccccc2)c2ccccc2)cc1C. The van der Waals surface area contributed by atoms with Gasteiger partial charge in [0.2, 0.25) is 11.7 Å². The molecular weight excluding hydrogens is 390 g/mol. The van der Waals surface area contributed by atoms with Crippen molar-refractivity contribution in [3.05, 3.63) is 107 Å². The van der Waals surface area contributed by atoms with E-state index in [9.17, 15) is 14.4 Å². The lowest BCUT2D eigenvalue weighted by Gasteiger charge is -2.18. The monoisotopic (exact) mass is 415 g/mol. The fourth-order valence-corrected chi connectivity index (χ4v) is 3.13. The van der Waals surface area contributed by atoms with Gasteiger partial charge in [0.1, 0.15) is 6.54 Å². The molecule has 0 fully saturated rings. The maximum Gasteiger partial charge on any atom is 0.326 e. The van der Waals surface area contributed by atoms with Crippen LogP contribution < -0.4 is 5.32 Å². The number of amides is 1. The van der Waals surface area contributed by atoms with Gasteiger partial charge in [0.25, 0.3) is 0 Å². The fourth-order valence-electron chi connectivity index (χ4n) is 3.13. The van der Waals surface area contributed by atoms with Crippen molar-refractivity contribution in [2.75, 3.05) is 6.54 Å². The summed E-state index contributed by atoms with van der Waals surface area (Å²) in [7, 11) is 0. The smallest absolute Gasteiger partial charge is 0.326 e. The van der Waals surface area contributed by atoms with Crippen LogP contribution in [0.1, 0.15) is 38.7 Å². The maximum atomic E-state index is 13.2. The third-order valence-corrected chi connectivity index (χ3v) is 5.02. The van der Waals surface area contributed by atoms with Crippen molar-refractivity contribution in [1.82, 2.24) is 5.32 Å². The molecular formula is C26H25NO4. The molecule has 1 amide bonds. The molecule has 5 nitrogen and oxygen atoms in total. The molecule has 0 aliphatic rings. The second-order valence-corrected chi connectivity index (χ2v) is 7.38. The van der Waals surface area contributed by atoms with Crippen LogP contribution in [0.5, 0.6) is 0 Å². The van der Waals surface area contributed by atoms with E-state index in [1.807, 2.05) is 56.3 Å². The van der Waals surface area contributed by atoms with Gasteiger partial charge in [0.15, 0.2) is 6.10 Å². The largest absolute Gasteiger partial charge is 0.448 e. The number of esters is 1. The summed E-state index contributed by atoms with van der Waals surface area (Å²) in [5, 5.41) is 2.56. The second-order valence-electron chi connectivity index (χ2n) is 7.38. The van der Waals surface area contributed by atoms with E-state index in [4.69, 9.17) is 4.74 Å². The number of nitrogens with one attached hydrogen (secondary N) is 1. The van der Waals surface area contributed by atoms with Gasteiger partial charge in [-0.3, -0.25) is 14.4 Å². The number of Topliss-reactive ketones (excluding diaryl/α,β-unsaturated/α-hetero) is 1. The molecule has 3 rings (SSSR count). The summed E-state index contributed by atoms with van der Waals surface area (Å²) in [6.45, 7) is 3.59. The summed E-state index contributed by atoms with van der Waals surface area (Å²) >= 11 is 0. The minimum absolute atomic E-state index is 0.164. The second kappa shape index (κ2) is 10.3. The van der Waals surface area contributed by atoms with Crippen LogP contribution in [0.15, 0.2) is 78.9 Å². The molecule has 1 N–H and O–H groups in total. The Kier molecular flexibility index (Phi) is 7.33. The van der Waals surface area contributed by atoms with Crippen LogP contribution in [0.2, 0.25) is 0 Å². The van der Waals surface area contributed by atoms with Crippen molar-refractivity contribution in [3.63, 3.8) is 0 Å². The summed E-state index contributed by atoms with van der Waals surface area (Å²) in [5.41, 5.74) is 3.95. The van der Waals surface area contributed by atoms with Gasteiger partial charge in [-0.15, -0.1) is 0 Å². The molecule has 158 valence electrons. The average Bonchev–Trinajstić information content (AvgIpc) is 2.79. The lowest BCUT2D eigenvalue weighted by atomic mass is 9.97. The van der Waals surface area contributed by atoms with Gasteiger partial charge in [-0.1, -0.05) is 72.8 Å². The number of benzene rings is 3. The summed E-state index contributed by atoms with van der Waals surface area (Å²) in [4.78, 5) is 37.7. The molecule has 0 aliphatic heterocycles. The fraction of sp³-hybridized carbons (Fsp3) is 0.192. The first-order valence-electron chi connectivity index (χ1n) is 10.1. The van der Waals surface area contributed by atoms with Crippen molar-refractivity contribution in [2.24, 2.45) is 0 Å². The number of ether oxygens (including phenoxy) is 1. The number of rotatable bonds is 8. The first-order valence-corrected chi connectivity index (χ1v) is 10.1. The van der Waals surface area contributed by atoms with E-state index >= 15 is 0 Å². The van der Waals surface area contributed by atoms with E-state index in [0.717, 1.165) is 16.7 Å². The first-order chi connectivity index (χ1) is 14.9. The van der Waals surface area contributed by atoms with Crippen LogP contribution >= 0.6 is 0 Å². The zero-order valence-electron chi connectivity index (χ0n) is 17.6. The normalized spacial score (nSPS) is 11.4. The molecule has 0 saturated carbocycles. The van der Waals surface area contributed by atoms with Gasteiger partial charge in [-0.2, -0.15) is 0 Å². The summed E-state index contributed by atoms with van der Waals surface area (Å²) in [5.74, 6) is -1.27. The molecule has 0 spiro atoms. The highest BCUT2D eigenvalue weighted by atomic mass is 16.5. The van der Waals surface area contributed by atoms with Gasteiger partial charge in [-0.25, -0.2) is 0 Å². The van der Waals surface area contributed by atoms with Crippen LogP contribution in [-0.4, -0.2) is 24.2 Å². The highest BCUT2D eigenvalue weighted by molar-refractivity contribution is 6.01. The molecule has 1 atom stereocenters. The van der Waals surface area contributed by atoms with E-state index in [-0.39, 0.29) is 24.7 Å². The molecule has 0 saturated heterocycles. The highest BCUT2D eigenvalue weighted by Gasteiger charge is 2.26.